The zero-order chi connectivity index (χ0) is 16.5. The van der Waals surface area contributed by atoms with Gasteiger partial charge in [-0.2, -0.15) is 5.10 Å². The van der Waals surface area contributed by atoms with E-state index in [2.05, 4.69) is 68.7 Å². The summed E-state index contributed by atoms with van der Waals surface area (Å²) >= 11 is 0. The van der Waals surface area contributed by atoms with Gasteiger partial charge in [0, 0.05) is 6.04 Å². The van der Waals surface area contributed by atoms with Crippen molar-refractivity contribution in [3.63, 3.8) is 0 Å². The summed E-state index contributed by atoms with van der Waals surface area (Å²) in [6.45, 7) is 2.92. The van der Waals surface area contributed by atoms with Crippen LogP contribution in [0, 0.1) is 0 Å². The van der Waals surface area contributed by atoms with E-state index < -0.39 is 0 Å². The summed E-state index contributed by atoms with van der Waals surface area (Å²) in [5.41, 5.74) is 2.25. The average Bonchev–Trinajstić information content (AvgIpc) is 3.11. The van der Waals surface area contributed by atoms with Crippen LogP contribution in [0.5, 0.6) is 0 Å². The molecule has 8 nitrogen and oxygen atoms in total. The van der Waals surface area contributed by atoms with Crippen LogP contribution in [0.15, 0.2) is 36.9 Å². The third-order valence-electron chi connectivity index (χ3n) is 4.56. The molecule has 24 heavy (non-hydrogen) atoms. The second kappa shape index (κ2) is 6.12. The number of hydrogen-bond donors (Lipinski definition) is 0. The summed E-state index contributed by atoms with van der Waals surface area (Å²) in [6, 6.07) is 9.13. The number of hydrogen-bond acceptors (Lipinski definition) is 6. The van der Waals surface area contributed by atoms with Crippen LogP contribution in [0.25, 0.3) is 5.69 Å². The molecule has 2 heterocycles. The van der Waals surface area contributed by atoms with Crippen molar-refractivity contribution in [3.8, 4) is 5.69 Å². The smallest absolute Gasteiger partial charge is 0.165 e. The zero-order valence-electron chi connectivity index (χ0n) is 13.8. The molecule has 2 aromatic heterocycles. The summed E-state index contributed by atoms with van der Waals surface area (Å²) in [6.07, 6.45) is 5.60. The van der Waals surface area contributed by atoms with Crippen LogP contribution in [0.3, 0.4) is 0 Å². The molecule has 1 fully saturated rings. The molecule has 4 rings (SSSR count). The zero-order valence-corrected chi connectivity index (χ0v) is 13.8. The van der Waals surface area contributed by atoms with E-state index in [0.717, 1.165) is 18.1 Å². The minimum Gasteiger partial charge on any atom is -0.292 e. The van der Waals surface area contributed by atoms with E-state index in [9.17, 15) is 0 Å². The lowest BCUT2D eigenvalue weighted by Crippen LogP contribution is -2.24. The maximum absolute atomic E-state index is 4.18. The predicted molar refractivity (Wildman–Crippen MR) is 87.3 cm³/mol. The SMILES string of the molecule is C[C@H](c1ccc(-n2cncn2)cc1)N(C)Cc1nnnn1C1CC1. The van der Waals surface area contributed by atoms with Gasteiger partial charge in [0.05, 0.1) is 18.3 Å². The van der Waals surface area contributed by atoms with E-state index >= 15 is 0 Å². The standard InChI is InChI=1S/C16H20N8/c1-12(13-3-5-14(6-4-13)23-11-17-10-18-23)22(2)9-16-19-20-21-24(16)15-7-8-15/h3-6,10-12,15H,7-9H2,1-2H3/t12-/m1/s1. The van der Waals surface area contributed by atoms with E-state index in [-0.39, 0.29) is 6.04 Å². The molecule has 1 saturated carbocycles. The molecule has 0 aliphatic heterocycles. The van der Waals surface area contributed by atoms with Gasteiger partial charge in [0.2, 0.25) is 0 Å². The van der Waals surface area contributed by atoms with Crippen molar-refractivity contribution in [2.24, 2.45) is 0 Å². The summed E-state index contributed by atoms with van der Waals surface area (Å²) < 4.78 is 3.72. The van der Waals surface area contributed by atoms with Crippen LogP contribution >= 0.6 is 0 Å². The third-order valence-corrected chi connectivity index (χ3v) is 4.56. The van der Waals surface area contributed by atoms with Crippen LogP contribution in [0.1, 0.15) is 43.2 Å². The van der Waals surface area contributed by atoms with Gasteiger partial charge in [0.25, 0.3) is 0 Å². The van der Waals surface area contributed by atoms with Gasteiger partial charge in [-0.15, -0.1) is 5.10 Å². The number of tetrazole rings is 1. The molecular weight excluding hydrogens is 304 g/mol. The Labute approximate surface area is 140 Å². The Morgan fingerprint density at radius 1 is 1.25 bits per heavy atom. The first kappa shape index (κ1) is 14.9. The molecule has 0 saturated heterocycles. The molecule has 124 valence electrons. The average molecular weight is 324 g/mol. The van der Waals surface area contributed by atoms with E-state index in [1.165, 1.54) is 24.7 Å². The van der Waals surface area contributed by atoms with Gasteiger partial charge in [-0.1, -0.05) is 12.1 Å². The summed E-state index contributed by atoms with van der Waals surface area (Å²) in [5, 5.41) is 16.3. The van der Waals surface area contributed by atoms with Crippen molar-refractivity contribution in [2.75, 3.05) is 7.05 Å². The van der Waals surface area contributed by atoms with Crippen molar-refractivity contribution in [1.82, 2.24) is 39.9 Å². The van der Waals surface area contributed by atoms with Crippen molar-refractivity contribution in [1.29, 1.82) is 0 Å². The monoisotopic (exact) mass is 324 g/mol. The van der Waals surface area contributed by atoms with Crippen molar-refractivity contribution >= 4 is 0 Å². The highest BCUT2D eigenvalue weighted by Crippen LogP contribution is 2.34. The van der Waals surface area contributed by atoms with Gasteiger partial charge < -0.3 is 0 Å². The number of benzene rings is 1. The highest BCUT2D eigenvalue weighted by Gasteiger charge is 2.28. The maximum Gasteiger partial charge on any atom is 0.165 e. The van der Waals surface area contributed by atoms with Crippen molar-refractivity contribution in [2.45, 2.75) is 38.4 Å². The van der Waals surface area contributed by atoms with Crippen LogP contribution < -0.4 is 0 Å². The largest absolute Gasteiger partial charge is 0.292 e. The molecule has 0 bridgehead atoms. The van der Waals surface area contributed by atoms with Crippen LogP contribution in [0.2, 0.25) is 0 Å². The molecule has 0 amide bonds. The predicted octanol–water partition coefficient (Wildman–Crippen LogP) is 1.78. The van der Waals surface area contributed by atoms with Crippen LogP contribution in [-0.4, -0.2) is 46.9 Å². The summed E-state index contributed by atoms with van der Waals surface area (Å²) in [5.74, 6) is 0.936. The first-order chi connectivity index (χ1) is 11.7. The van der Waals surface area contributed by atoms with E-state index in [0.29, 0.717) is 6.04 Å². The second-order valence-electron chi connectivity index (χ2n) is 6.29. The van der Waals surface area contributed by atoms with Gasteiger partial charge in [-0.3, -0.25) is 4.90 Å². The number of nitrogens with zero attached hydrogens (tertiary/aromatic N) is 8. The first-order valence-corrected chi connectivity index (χ1v) is 8.14. The lowest BCUT2D eigenvalue weighted by molar-refractivity contribution is 0.241. The fourth-order valence-electron chi connectivity index (χ4n) is 2.78. The van der Waals surface area contributed by atoms with Crippen molar-refractivity contribution in [3.05, 3.63) is 48.3 Å². The van der Waals surface area contributed by atoms with Gasteiger partial charge in [0.15, 0.2) is 5.82 Å². The Hall–Kier alpha value is -2.61. The third kappa shape index (κ3) is 2.92. The highest BCUT2D eigenvalue weighted by atomic mass is 15.6. The van der Waals surface area contributed by atoms with Gasteiger partial charge in [0.1, 0.15) is 12.7 Å². The quantitative estimate of drug-likeness (QED) is 0.688. The summed E-state index contributed by atoms with van der Waals surface area (Å²) in [7, 11) is 2.10. The fraction of sp³-hybridized carbons (Fsp3) is 0.438. The molecular formula is C16H20N8. The molecule has 1 aliphatic carbocycles. The maximum atomic E-state index is 4.18. The van der Waals surface area contributed by atoms with E-state index in [1.54, 1.807) is 11.0 Å². The molecule has 1 atom stereocenters. The summed E-state index contributed by atoms with van der Waals surface area (Å²) in [4.78, 5) is 6.24. The topological polar surface area (TPSA) is 77.6 Å². The highest BCUT2D eigenvalue weighted by molar-refractivity contribution is 5.34. The van der Waals surface area contributed by atoms with Crippen LogP contribution in [-0.2, 0) is 6.54 Å². The Morgan fingerprint density at radius 3 is 2.71 bits per heavy atom. The molecule has 0 spiro atoms. The first-order valence-electron chi connectivity index (χ1n) is 8.14. The van der Waals surface area contributed by atoms with Gasteiger partial charge in [-0.05, 0) is 54.9 Å². The van der Waals surface area contributed by atoms with Gasteiger partial charge in [-0.25, -0.2) is 14.3 Å². The van der Waals surface area contributed by atoms with Gasteiger partial charge >= 0.3 is 0 Å². The van der Waals surface area contributed by atoms with Crippen molar-refractivity contribution < 1.29 is 0 Å². The molecule has 1 aromatic carbocycles. The fourth-order valence-corrected chi connectivity index (χ4v) is 2.78. The minimum absolute atomic E-state index is 0.263. The Morgan fingerprint density at radius 2 is 2.04 bits per heavy atom. The van der Waals surface area contributed by atoms with Crippen LogP contribution in [0.4, 0.5) is 0 Å². The molecule has 1 aliphatic rings. The minimum atomic E-state index is 0.263. The van der Waals surface area contributed by atoms with E-state index in [4.69, 9.17) is 0 Å². The number of aromatic nitrogens is 7. The lowest BCUT2D eigenvalue weighted by atomic mass is 10.1. The lowest BCUT2D eigenvalue weighted by Gasteiger charge is -2.24. The Balaban J connectivity index is 1.46. The Bertz CT molecular complexity index is 788. The molecule has 0 unspecified atom stereocenters. The normalized spacial score (nSPS) is 15.8. The molecule has 3 aromatic rings. The number of rotatable bonds is 6. The van der Waals surface area contributed by atoms with E-state index in [1.807, 2.05) is 4.68 Å². The molecule has 0 radical (unpaired) electrons. The molecule has 8 heteroatoms. The molecule has 0 N–H and O–H groups in total. The second-order valence-corrected chi connectivity index (χ2v) is 6.29. The Kier molecular flexibility index (Phi) is 3.81.